The highest BCUT2D eigenvalue weighted by Crippen LogP contribution is 2.17. The highest BCUT2D eigenvalue weighted by molar-refractivity contribution is 6.30. The molecule has 3 N–H and O–H groups in total. The van der Waals surface area contributed by atoms with Gasteiger partial charge in [0.05, 0.1) is 11.4 Å². The normalized spacial score (nSPS) is 10.3. The number of anilines is 1. The van der Waals surface area contributed by atoms with Crippen molar-refractivity contribution in [2.45, 2.75) is 13.0 Å². The fraction of sp³-hybridized carbons (Fsp3) is 0.133. The minimum absolute atomic E-state index is 0.115. The number of hydrogen-bond acceptors (Lipinski definition) is 2. The van der Waals surface area contributed by atoms with Gasteiger partial charge in [-0.05, 0) is 35.4 Å². The van der Waals surface area contributed by atoms with Crippen molar-refractivity contribution in [3.05, 3.63) is 64.4 Å². The number of primary amides is 1. The molecule has 0 atom stereocenters. The Morgan fingerprint density at radius 3 is 2.40 bits per heavy atom. The van der Waals surface area contributed by atoms with Crippen LogP contribution in [0.25, 0.3) is 0 Å². The lowest BCUT2D eigenvalue weighted by Crippen LogP contribution is -2.13. The van der Waals surface area contributed by atoms with Crippen LogP contribution in [-0.4, -0.2) is 5.91 Å². The number of halogens is 2. The summed E-state index contributed by atoms with van der Waals surface area (Å²) in [5.41, 5.74) is 7.67. The second-order valence-corrected chi connectivity index (χ2v) is 4.85. The largest absolute Gasteiger partial charge is 0.381 e. The number of amides is 1. The summed E-state index contributed by atoms with van der Waals surface area (Å²) in [5, 5.41) is 3.28. The Labute approximate surface area is 121 Å². The number of benzene rings is 2. The van der Waals surface area contributed by atoms with E-state index in [1.807, 2.05) is 24.3 Å². The number of carbonyl (C=O) groups is 1. The van der Waals surface area contributed by atoms with E-state index in [9.17, 15) is 9.18 Å². The van der Waals surface area contributed by atoms with Crippen LogP contribution < -0.4 is 11.1 Å². The molecule has 0 unspecified atom stereocenters. The van der Waals surface area contributed by atoms with Crippen LogP contribution in [0.5, 0.6) is 0 Å². The van der Waals surface area contributed by atoms with E-state index in [0.717, 1.165) is 16.8 Å². The van der Waals surface area contributed by atoms with Crippen LogP contribution in [0.15, 0.2) is 42.5 Å². The van der Waals surface area contributed by atoms with Crippen molar-refractivity contribution in [2.24, 2.45) is 5.73 Å². The molecule has 0 aliphatic rings. The zero-order chi connectivity index (χ0) is 14.5. The Morgan fingerprint density at radius 2 is 1.80 bits per heavy atom. The maximum atomic E-state index is 13.3. The molecule has 0 fully saturated rings. The first-order chi connectivity index (χ1) is 9.54. The lowest BCUT2D eigenvalue weighted by atomic mass is 10.1. The Kier molecular flexibility index (Phi) is 4.58. The smallest absolute Gasteiger partial charge is 0.221 e. The second-order valence-electron chi connectivity index (χ2n) is 4.44. The predicted octanol–water partition coefficient (Wildman–Crippen LogP) is 3.12. The molecule has 2 aromatic carbocycles. The van der Waals surface area contributed by atoms with Gasteiger partial charge in [0.15, 0.2) is 0 Å². The Hall–Kier alpha value is -2.07. The molecule has 2 aromatic rings. The van der Waals surface area contributed by atoms with Gasteiger partial charge in [0, 0.05) is 12.2 Å². The van der Waals surface area contributed by atoms with Crippen molar-refractivity contribution >= 4 is 23.2 Å². The van der Waals surface area contributed by atoms with Gasteiger partial charge in [-0.3, -0.25) is 4.79 Å². The number of nitrogens with one attached hydrogen (secondary N) is 1. The molecule has 2 rings (SSSR count). The van der Waals surface area contributed by atoms with Gasteiger partial charge in [0.25, 0.3) is 0 Å². The van der Waals surface area contributed by atoms with Gasteiger partial charge >= 0.3 is 0 Å². The second kappa shape index (κ2) is 6.39. The maximum absolute atomic E-state index is 13.3. The van der Waals surface area contributed by atoms with Crippen LogP contribution in [0.4, 0.5) is 10.1 Å². The van der Waals surface area contributed by atoms with Crippen LogP contribution in [0, 0.1) is 5.82 Å². The first-order valence-corrected chi connectivity index (χ1v) is 6.47. The highest BCUT2D eigenvalue weighted by Gasteiger charge is 2.02. The molecule has 20 heavy (non-hydrogen) atoms. The molecule has 1 amide bonds. The van der Waals surface area contributed by atoms with E-state index in [-0.39, 0.29) is 17.4 Å². The van der Waals surface area contributed by atoms with Crippen molar-refractivity contribution in [1.82, 2.24) is 0 Å². The predicted molar refractivity (Wildman–Crippen MR) is 78.1 cm³/mol. The summed E-state index contributed by atoms with van der Waals surface area (Å²) in [7, 11) is 0. The Balaban J connectivity index is 1.96. The van der Waals surface area contributed by atoms with Crippen LogP contribution in [0.1, 0.15) is 11.1 Å². The molecule has 104 valence electrons. The Morgan fingerprint density at radius 1 is 1.15 bits per heavy atom. The van der Waals surface area contributed by atoms with Crippen molar-refractivity contribution in [1.29, 1.82) is 0 Å². The molecule has 0 aromatic heterocycles. The van der Waals surface area contributed by atoms with E-state index in [2.05, 4.69) is 5.32 Å². The van der Waals surface area contributed by atoms with Gasteiger partial charge in [0.2, 0.25) is 5.91 Å². The standard InChI is InChI=1S/C15H14ClFN2O/c16-13-6-3-11(7-14(13)17)9-19-12-4-1-10(2-5-12)8-15(18)20/h1-7,19H,8-9H2,(H2,18,20). The molecule has 3 nitrogen and oxygen atoms in total. The topological polar surface area (TPSA) is 55.1 Å². The summed E-state index contributed by atoms with van der Waals surface area (Å²) in [6, 6.07) is 12.1. The van der Waals surface area contributed by atoms with Gasteiger partial charge < -0.3 is 11.1 Å². The third-order valence-corrected chi connectivity index (χ3v) is 3.12. The molecule has 0 saturated heterocycles. The minimum Gasteiger partial charge on any atom is -0.381 e. The molecular formula is C15H14ClFN2O. The van der Waals surface area contributed by atoms with Gasteiger partial charge in [-0.25, -0.2) is 4.39 Å². The molecule has 0 saturated carbocycles. The van der Waals surface area contributed by atoms with Crippen molar-refractivity contribution in [2.75, 3.05) is 5.32 Å². The lowest BCUT2D eigenvalue weighted by molar-refractivity contribution is -0.117. The SMILES string of the molecule is NC(=O)Cc1ccc(NCc2ccc(Cl)c(F)c2)cc1. The average Bonchev–Trinajstić information content (AvgIpc) is 2.41. The minimum atomic E-state index is -0.428. The summed E-state index contributed by atoms with van der Waals surface area (Å²) in [4.78, 5) is 10.8. The molecule has 0 bridgehead atoms. The fourth-order valence-electron chi connectivity index (χ4n) is 1.80. The van der Waals surface area contributed by atoms with E-state index in [4.69, 9.17) is 17.3 Å². The summed E-state index contributed by atoms with van der Waals surface area (Å²) in [5.74, 6) is -0.787. The fourth-order valence-corrected chi connectivity index (χ4v) is 1.91. The highest BCUT2D eigenvalue weighted by atomic mass is 35.5. The molecular weight excluding hydrogens is 279 g/mol. The average molecular weight is 293 g/mol. The molecule has 0 spiro atoms. The van der Waals surface area contributed by atoms with Crippen molar-refractivity contribution in [3.63, 3.8) is 0 Å². The van der Waals surface area contributed by atoms with E-state index in [0.29, 0.717) is 6.54 Å². The summed E-state index contributed by atoms with van der Waals surface area (Å²) in [6.45, 7) is 0.489. The van der Waals surface area contributed by atoms with Crippen molar-refractivity contribution in [3.8, 4) is 0 Å². The summed E-state index contributed by atoms with van der Waals surface area (Å²) >= 11 is 5.62. The van der Waals surface area contributed by atoms with Gasteiger partial charge in [-0.2, -0.15) is 0 Å². The number of rotatable bonds is 5. The quantitative estimate of drug-likeness (QED) is 0.889. The lowest BCUT2D eigenvalue weighted by Gasteiger charge is -2.08. The van der Waals surface area contributed by atoms with E-state index in [1.54, 1.807) is 6.07 Å². The van der Waals surface area contributed by atoms with Gasteiger partial charge in [0.1, 0.15) is 5.82 Å². The van der Waals surface area contributed by atoms with E-state index < -0.39 is 5.82 Å². The van der Waals surface area contributed by atoms with Crippen LogP contribution in [0.2, 0.25) is 5.02 Å². The van der Waals surface area contributed by atoms with Crippen LogP contribution >= 0.6 is 11.6 Å². The molecule has 0 aliphatic heterocycles. The maximum Gasteiger partial charge on any atom is 0.221 e. The third kappa shape index (κ3) is 3.96. The summed E-state index contributed by atoms with van der Waals surface area (Å²) < 4.78 is 13.3. The zero-order valence-corrected chi connectivity index (χ0v) is 11.5. The first kappa shape index (κ1) is 14.3. The number of nitrogens with two attached hydrogens (primary N) is 1. The van der Waals surface area contributed by atoms with Crippen LogP contribution in [0.3, 0.4) is 0 Å². The molecule has 0 radical (unpaired) electrons. The molecule has 5 heteroatoms. The first-order valence-electron chi connectivity index (χ1n) is 6.09. The Bertz CT molecular complexity index is 614. The summed E-state index contributed by atoms with van der Waals surface area (Å²) in [6.07, 6.45) is 0.225. The third-order valence-electron chi connectivity index (χ3n) is 2.81. The van der Waals surface area contributed by atoms with E-state index >= 15 is 0 Å². The number of hydrogen-bond donors (Lipinski definition) is 2. The van der Waals surface area contributed by atoms with Gasteiger partial charge in [-0.1, -0.05) is 29.8 Å². The van der Waals surface area contributed by atoms with Crippen LogP contribution in [-0.2, 0) is 17.8 Å². The van der Waals surface area contributed by atoms with Gasteiger partial charge in [-0.15, -0.1) is 0 Å². The number of carbonyl (C=O) groups excluding carboxylic acids is 1. The van der Waals surface area contributed by atoms with Crippen molar-refractivity contribution < 1.29 is 9.18 Å². The van der Waals surface area contributed by atoms with E-state index in [1.165, 1.54) is 12.1 Å². The molecule has 0 aliphatic carbocycles. The molecule has 0 heterocycles. The monoisotopic (exact) mass is 292 g/mol. The zero-order valence-electron chi connectivity index (χ0n) is 10.7.